The fraction of sp³-hybridized carbons (Fsp3) is 0.269. The molecule has 0 saturated carbocycles. The Hall–Kier alpha value is -2.90. The number of carboxylic acid groups (broad SMARTS) is 1. The highest BCUT2D eigenvalue weighted by Gasteiger charge is 2.13. The van der Waals surface area contributed by atoms with Crippen LogP contribution >= 0.6 is 11.6 Å². The molecular weight excluding hydrogens is 442 g/mol. The van der Waals surface area contributed by atoms with Crippen LogP contribution in [0.1, 0.15) is 27.6 Å². The summed E-state index contributed by atoms with van der Waals surface area (Å²) in [6, 6.07) is 20.4. The maximum atomic E-state index is 11.5. The summed E-state index contributed by atoms with van der Waals surface area (Å²) >= 11 is 5.98. The quantitative estimate of drug-likeness (QED) is 0.336. The lowest BCUT2D eigenvalue weighted by atomic mass is 10.0. The van der Waals surface area contributed by atoms with Crippen molar-refractivity contribution < 1.29 is 24.5 Å². The van der Waals surface area contributed by atoms with Crippen LogP contribution in [-0.4, -0.2) is 49.6 Å². The highest BCUT2D eigenvalue weighted by atomic mass is 35.5. The fourth-order valence-electron chi connectivity index (χ4n) is 3.40. The summed E-state index contributed by atoms with van der Waals surface area (Å²) in [5.41, 5.74) is 3.91. The van der Waals surface area contributed by atoms with E-state index in [1.165, 1.54) is 0 Å². The van der Waals surface area contributed by atoms with E-state index >= 15 is 0 Å². The smallest absolute Gasteiger partial charge is 0.339 e. The van der Waals surface area contributed by atoms with Gasteiger partial charge in [0.2, 0.25) is 0 Å². The number of carbonyl (C=O) groups is 1. The Morgan fingerprint density at radius 2 is 1.79 bits per heavy atom. The van der Waals surface area contributed by atoms with Crippen LogP contribution < -0.4 is 10.1 Å². The van der Waals surface area contributed by atoms with Crippen LogP contribution in [0.5, 0.6) is 5.75 Å². The normalized spacial score (nSPS) is 11.8. The minimum atomic E-state index is -1.03. The van der Waals surface area contributed by atoms with Crippen LogP contribution in [0.25, 0.3) is 11.1 Å². The molecule has 33 heavy (non-hydrogen) atoms. The van der Waals surface area contributed by atoms with E-state index in [9.17, 15) is 15.0 Å². The lowest BCUT2D eigenvalue weighted by molar-refractivity contribution is 0.0689. The summed E-state index contributed by atoms with van der Waals surface area (Å²) in [5, 5.41) is 23.5. The monoisotopic (exact) mass is 469 g/mol. The molecular formula is C26H28ClNO5. The molecule has 3 aromatic carbocycles. The highest BCUT2D eigenvalue weighted by Crippen LogP contribution is 2.28. The van der Waals surface area contributed by atoms with Crippen LogP contribution in [0.2, 0.25) is 5.02 Å². The van der Waals surface area contributed by atoms with E-state index in [0.717, 1.165) is 35.2 Å². The van der Waals surface area contributed by atoms with Crippen LogP contribution in [-0.2, 0) is 11.2 Å². The number of ether oxygens (including phenoxy) is 2. The second-order valence-corrected chi connectivity index (χ2v) is 8.02. The van der Waals surface area contributed by atoms with Crippen molar-refractivity contribution >= 4 is 17.6 Å². The molecule has 0 amide bonds. The first kappa shape index (κ1) is 24.7. The molecule has 0 bridgehead atoms. The maximum absolute atomic E-state index is 11.5. The zero-order valence-electron chi connectivity index (χ0n) is 18.5. The van der Waals surface area contributed by atoms with Gasteiger partial charge in [-0.25, -0.2) is 4.79 Å². The zero-order valence-corrected chi connectivity index (χ0v) is 19.2. The maximum Gasteiger partial charge on any atom is 0.339 e. The average Bonchev–Trinajstić information content (AvgIpc) is 2.82. The van der Waals surface area contributed by atoms with Gasteiger partial charge in [0.05, 0.1) is 12.7 Å². The molecule has 0 aliphatic rings. The number of benzene rings is 3. The van der Waals surface area contributed by atoms with Crippen molar-refractivity contribution in [2.75, 3.05) is 33.4 Å². The standard InChI is InChI=1S/C26H28ClNO5/c1-32-13-14-33-25-16-20(9-10-23(25)26(30)31)19-7-5-18(6-8-19)11-12-28-17-24(29)21-3-2-4-22(27)15-21/h2-10,15-16,24,28-29H,11-14,17H2,1H3,(H,30,31)/t24-/m0/s1. The third-order valence-corrected chi connectivity index (χ3v) is 5.44. The lowest BCUT2D eigenvalue weighted by Gasteiger charge is -2.13. The molecule has 0 aliphatic carbocycles. The average molecular weight is 470 g/mol. The lowest BCUT2D eigenvalue weighted by Crippen LogP contribution is -2.23. The van der Waals surface area contributed by atoms with Crippen molar-refractivity contribution in [3.8, 4) is 16.9 Å². The molecule has 0 aromatic heterocycles. The van der Waals surface area contributed by atoms with E-state index in [2.05, 4.69) is 5.32 Å². The van der Waals surface area contributed by atoms with Gasteiger partial charge >= 0.3 is 5.97 Å². The molecule has 0 fully saturated rings. The first-order valence-electron chi connectivity index (χ1n) is 10.7. The molecule has 0 saturated heterocycles. The minimum Gasteiger partial charge on any atom is -0.490 e. The van der Waals surface area contributed by atoms with E-state index in [1.807, 2.05) is 36.4 Å². The van der Waals surface area contributed by atoms with Gasteiger partial charge in [-0.2, -0.15) is 0 Å². The summed E-state index contributed by atoms with van der Waals surface area (Å²) in [6.45, 7) is 1.82. The van der Waals surface area contributed by atoms with Gasteiger partial charge in [0.25, 0.3) is 0 Å². The molecule has 3 aromatic rings. The van der Waals surface area contributed by atoms with Crippen molar-refractivity contribution in [3.05, 3.63) is 88.4 Å². The molecule has 0 radical (unpaired) electrons. The van der Waals surface area contributed by atoms with Crippen molar-refractivity contribution in [2.24, 2.45) is 0 Å². The highest BCUT2D eigenvalue weighted by molar-refractivity contribution is 6.30. The largest absolute Gasteiger partial charge is 0.490 e. The molecule has 0 heterocycles. The van der Waals surface area contributed by atoms with E-state index < -0.39 is 12.1 Å². The first-order chi connectivity index (χ1) is 16.0. The third kappa shape index (κ3) is 7.30. The predicted octanol–water partition coefficient (Wildman–Crippen LogP) is 4.60. The number of methoxy groups -OCH3 is 1. The number of nitrogens with one attached hydrogen (secondary N) is 1. The Kier molecular flexibility index (Phi) is 9.27. The summed E-state index contributed by atoms with van der Waals surface area (Å²) in [4.78, 5) is 11.5. The van der Waals surface area contributed by atoms with Crippen molar-refractivity contribution in [1.29, 1.82) is 0 Å². The Morgan fingerprint density at radius 3 is 2.48 bits per heavy atom. The van der Waals surface area contributed by atoms with Gasteiger partial charge in [-0.15, -0.1) is 0 Å². The molecule has 0 spiro atoms. The van der Waals surface area contributed by atoms with Gasteiger partial charge in [-0.3, -0.25) is 0 Å². The summed E-state index contributed by atoms with van der Waals surface area (Å²) < 4.78 is 10.6. The SMILES string of the molecule is COCCOc1cc(-c2ccc(CCNC[C@H](O)c3cccc(Cl)c3)cc2)ccc1C(=O)O. The van der Waals surface area contributed by atoms with E-state index in [0.29, 0.717) is 23.9 Å². The fourth-order valence-corrected chi connectivity index (χ4v) is 3.60. The molecule has 0 unspecified atom stereocenters. The summed E-state index contributed by atoms with van der Waals surface area (Å²) in [5.74, 6) is -0.708. The molecule has 3 N–H and O–H groups in total. The Balaban J connectivity index is 1.56. The van der Waals surface area contributed by atoms with Gasteiger partial charge < -0.3 is 25.0 Å². The van der Waals surface area contributed by atoms with Crippen LogP contribution in [0.3, 0.4) is 0 Å². The van der Waals surface area contributed by atoms with E-state index in [4.69, 9.17) is 21.1 Å². The molecule has 3 rings (SSSR count). The van der Waals surface area contributed by atoms with Gasteiger partial charge in [0.1, 0.15) is 17.9 Å². The van der Waals surface area contributed by atoms with E-state index in [-0.39, 0.29) is 12.2 Å². The first-order valence-corrected chi connectivity index (χ1v) is 11.1. The van der Waals surface area contributed by atoms with Crippen molar-refractivity contribution in [1.82, 2.24) is 5.32 Å². The third-order valence-electron chi connectivity index (χ3n) is 5.21. The zero-order chi connectivity index (χ0) is 23.6. The number of aliphatic hydroxyl groups excluding tert-OH is 1. The van der Waals surface area contributed by atoms with Crippen LogP contribution in [0.4, 0.5) is 0 Å². The molecule has 7 heteroatoms. The number of rotatable bonds is 12. The second-order valence-electron chi connectivity index (χ2n) is 7.58. The van der Waals surface area contributed by atoms with Gasteiger partial charge in [-0.1, -0.05) is 54.1 Å². The molecule has 174 valence electrons. The number of aliphatic hydroxyl groups is 1. The van der Waals surface area contributed by atoms with Crippen molar-refractivity contribution in [2.45, 2.75) is 12.5 Å². The number of carboxylic acids is 1. The predicted molar refractivity (Wildman–Crippen MR) is 129 cm³/mol. The summed E-state index contributed by atoms with van der Waals surface area (Å²) in [6.07, 6.45) is 0.200. The molecule has 0 aliphatic heterocycles. The van der Waals surface area contributed by atoms with E-state index in [1.54, 1.807) is 37.4 Å². The number of halogens is 1. The van der Waals surface area contributed by atoms with Crippen molar-refractivity contribution in [3.63, 3.8) is 0 Å². The Labute approximate surface area is 198 Å². The minimum absolute atomic E-state index is 0.123. The second kappa shape index (κ2) is 12.4. The number of aromatic carboxylic acids is 1. The molecule has 1 atom stereocenters. The van der Waals surface area contributed by atoms with Gasteiger partial charge in [0, 0.05) is 18.7 Å². The summed E-state index contributed by atoms with van der Waals surface area (Å²) in [7, 11) is 1.57. The topological polar surface area (TPSA) is 88.0 Å². The Bertz CT molecular complexity index is 1050. The van der Waals surface area contributed by atoms with Gasteiger partial charge in [0.15, 0.2) is 0 Å². The molecule has 6 nitrogen and oxygen atoms in total. The number of hydrogen-bond acceptors (Lipinski definition) is 5. The number of hydrogen-bond donors (Lipinski definition) is 3. The Morgan fingerprint density at radius 1 is 1.03 bits per heavy atom. The van der Waals surface area contributed by atoms with Crippen LogP contribution in [0, 0.1) is 0 Å². The van der Waals surface area contributed by atoms with Crippen LogP contribution in [0.15, 0.2) is 66.7 Å². The van der Waals surface area contributed by atoms with Gasteiger partial charge in [-0.05, 0) is 59.5 Å².